The van der Waals surface area contributed by atoms with Gasteiger partial charge >= 0.3 is 0 Å². The molecule has 0 unspecified atom stereocenters. The standard InChI is InChI=1S/C10H7ClO.CH4O/c11-9-5-6-10(12)8-4-2-1-3-7(8)9;1-2/h1-6,12H;2H,1H3. The number of aromatic hydroxyl groups is 1. The van der Waals surface area contributed by atoms with Crippen LogP contribution in [0.15, 0.2) is 36.4 Å². The summed E-state index contributed by atoms with van der Waals surface area (Å²) in [6.07, 6.45) is 0. The van der Waals surface area contributed by atoms with Crippen molar-refractivity contribution in [1.82, 2.24) is 0 Å². The van der Waals surface area contributed by atoms with E-state index in [9.17, 15) is 5.11 Å². The van der Waals surface area contributed by atoms with E-state index < -0.39 is 0 Å². The highest BCUT2D eigenvalue weighted by molar-refractivity contribution is 6.35. The van der Waals surface area contributed by atoms with Crippen LogP contribution in [-0.2, 0) is 0 Å². The van der Waals surface area contributed by atoms with Crippen LogP contribution in [-0.4, -0.2) is 17.3 Å². The van der Waals surface area contributed by atoms with E-state index in [0.29, 0.717) is 5.02 Å². The van der Waals surface area contributed by atoms with Crippen LogP contribution in [0, 0.1) is 0 Å². The lowest BCUT2D eigenvalue weighted by atomic mass is 10.1. The molecule has 0 heterocycles. The number of fused-ring (bicyclic) bond motifs is 1. The summed E-state index contributed by atoms with van der Waals surface area (Å²) in [5.74, 6) is 0.273. The van der Waals surface area contributed by atoms with Crippen LogP contribution < -0.4 is 0 Å². The molecule has 0 aliphatic rings. The molecule has 3 heteroatoms. The molecule has 0 saturated heterocycles. The fraction of sp³-hybridized carbons (Fsp3) is 0.0909. The third-order valence-electron chi connectivity index (χ3n) is 1.85. The third-order valence-corrected chi connectivity index (χ3v) is 2.18. The number of aliphatic hydroxyl groups excluding tert-OH is 1. The molecule has 2 nitrogen and oxygen atoms in total. The predicted octanol–water partition coefficient (Wildman–Crippen LogP) is 2.81. The zero-order valence-electron chi connectivity index (χ0n) is 7.74. The third kappa shape index (κ3) is 1.97. The number of rotatable bonds is 0. The summed E-state index contributed by atoms with van der Waals surface area (Å²) in [4.78, 5) is 0. The second-order valence-corrected chi connectivity index (χ2v) is 3.02. The Morgan fingerprint density at radius 1 is 0.929 bits per heavy atom. The van der Waals surface area contributed by atoms with Gasteiger partial charge in [0.25, 0.3) is 0 Å². The SMILES string of the molecule is CO.Oc1ccc(Cl)c2ccccc12. The number of aliphatic hydroxyl groups is 1. The Hall–Kier alpha value is -1.25. The minimum Gasteiger partial charge on any atom is -0.507 e. The average molecular weight is 211 g/mol. The summed E-state index contributed by atoms with van der Waals surface area (Å²) in [6.45, 7) is 0. The number of phenolic OH excluding ortho intramolecular Hbond substituents is 1. The lowest BCUT2D eigenvalue weighted by molar-refractivity contribution is 0.399. The van der Waals surface area contributed by atoms with E-state index in [-0.39, 0.29) is 5.75 Å². The topological polar surface area (TPSA) is 40.5 Å². The van der Waals surface area contributed by atoms with Crippen LogP contribution in [0.3, 0.4) is 0 Å². The van der Waals surface area contributed by atoms with Gasteiger partial charge in [0.1, 0.15) is 5.75 Å². The normalized spacial score (nSPS) is 9.36. The molecular weight excluding hydrogens is 200 g/mol. The van der Waals surface area contributed by atoms with Crippen LogP contribution >= 0.6 is 11.6 Å². The zero-order chi connectivity index (χ0) is 10.6. The van der Waals surface area contributed by atoms with Crippen LogP contribution in [0.5, 0.6) is 5.75 Å². The Morgan fingerprint density at radius 3 is 2.07 bits per heavy atom. The minimum atomic E-state index is 0.273. The van der Waals surface area contributed by atoms with Gasteiger partial charge in [0.15, 0.2) is 0 Å². The van der Waals surface area contributed by atoms with Crippen LogP contribution in [0.1, 0.15) is 0 Å². The summed E-state index contributed by atoms with van der Waals surface area (Å²) < 4.78 is 0. The molecule has 2 rings (SSSR count). The number of halogens is 1. The average Bonchev–Trinajstić information content (AvgIpc) is 2.27. The molecule has 0 radical (unpaired) electrons. The largest absolute Gasteiger partial charge is 0.507 e. The summed E-state index contributed by atoms with van der Waals surface area (Å²) >= 11 is 5.92. The van der Waals surface area contributed by atoms with E-state index in [1.807, 2.05) is 24.3 Å². The van der Waals surface area contributed by atoms with Gasteiger partial charge in [-0.15, -0.1) is 0 Å². The Kier molecular flexibility index (Phi) is 3.74. The predicted molar refractivity (Wildman–Crippen MR) is 58.8 cm³/mol. The fourth-order valence-electron chi connectivity index (χ4n) is 1.25. The van der Waals surface area contributed by atoms with Gasteiger partial charge in [0, 0.05) is 22.9 Å². The second-order valence-electron chi connectivity index (χ2n) is 2.61. The monoisotopic (exact) mass is 210 g/mol. The van der Waals surface area contributed by atoms with Gasteiger partial charge < -0.3 is 10.2 Å². The second kappa shape index (κ2) is 4.84. The molecule has 0 bridgehead atoms. The highest BCUT2D eigenvalue weighted by Gasteiger charge is 2.00. The lowest BCUT2D eigenvalue weighted by Gasteiger charge is -2.01. The maximum absolute atomic E-state index is 9.44. The molecule has 2 aromatic rings. The molecule has 0 amide bonds. The Balaban J connectivity index is 0.000000461. The van der Waals surface area contributed by atoms with Gasteiger partial charge in [-0.1, -0.05) is 35.9 Å². The van der Waals surface area contributed by atoms with Gasteiger partial charge in [-0.2, -0.15) is 0 Å². The number of hydrogen-bond acceptors (Lipinski definition) is 2. The fourth-order valence-corrected chi connectivity index (χ4v) is 1.47. The van der Waals surface area contributed by atoms with E-state index in [1.165, 1.54) is 0 Å². The van der Waals surface area contributed by atoms with Gasteiger partial charge in [0.05, 0.1) is 0 Å². The first kappa shape index (κ1) is 10.8. The molecule has 0 atom stereocenters. The molecule has 74 valence electrons. The van der Waals surface area contributed by atoms with Crippen LogP contribution in [0.25, 0.3) is 10.8 Å². The van der Waals surface area contributed by atoms with Gasteiger partial charge in [-0.05, 0) is 12.1 Å². The van der Waals surface area contributed by atoms with E-state index >= 15 is 0 Å². The van der Waals surface area contributed by atoms with Crippen molar-refractivity contribution in [3.8, 4) is 5.75 Å². The first-order chi connectivity index (χ1) is 6.79. The summed E-state index contributed by atoms with van der Waals surface area (Å²) in [7, 11) is 1.00. The maximum Gasteiger partial charge on any atom is 0.123 e. The van der Waals surface area contributed by atoms with Crippen molar-refractivity contribution in [2.45, 2.75) is 0 Å². The Labute approximate surface area is 87.4 Å². The molecule has 0 aromatic heterocycles. The smallest absolute Gasteiger partial charge is 0.123 e. The molecule has 0 aliphatic carbocycles. The van der Waals surface area contributed by atoms with Crippen LogP contribution in [0.2, 0.25) is 5.02 Å². The molecule has 2 aromatic carbocycles. The zero-order valence-corrected chi connectivity index (χ0v) is 8.49. The summed E-state index contributed by atoms with van der Waals surface area (Å²) in [5.41, 5.74) is 0. The first-order valence-electron chi connectivity index (χ1n) is 4.10. The molecule has 0 fully saturated rings. The molecule has 0 saturated carbocycles. The van der Waals surface area contributed by atoms with Crippen LogP contribution in [0.4, 0.5) is 0 Å². The van der Waals surface area contributed by atoms with Crippen molar-refractivity contribution in [2.75, 3.05) is 7.11 Å². The van der Waals surface area contributed by atoms with Crippen molar-refractivity contribution in [1.29, 1.82) is 0 Å². The quantitative estimate of drug-likeness (QED) is 0.702. The van der Waals surface area contributed by atoms with E-state index in [2.05, 4.69) is 0 Å². The number of phenols is 1. The maximum atomic E-state index is 9.44. The molecule has 2 N–H and O–H groups in total. The van der Waals surface area contributed by atoms with Crippen molar-refractivity contribution in [3.63, 3.8) is 0 Å². The summed E-state index contributed by atoms with van der Waals surface area (Å²) in [6, 6.07) is 10.8. The first-order valence-corrected chi connectivity index (χ1v) is 4.48. The van der Waals surface area contributed by atoms with E-state index in [4.69, 9.17) is 16.7 Å². The van der Waals surface area contributed by atoms with Gasteiger partial charge in [-0.3, -0.25) is 0 Å². The molecular formula is C11H11ClO2. The lowest BCUT2D eigenvalue weighted by Crippen LogP contribution is -1.74. The molecule has 0 aliphatic heterocycles. The Bertz CT molecular complexity index is 386. The minimum absolute atomic E-state index is 0.273. The highest BCUT2D eigenvalue weighted by Crippen LogP contribution is 2.29. The van der Waals surface area contributed by atoms with Crippen molar-refractivity contribution < 1.29 is 10.2 Å². The molecule has 14 heavy (non-hydrogen) atoms. The number of hydrogen-bond donors (Lipinski definition) is 2. The van der Waals surface area contributed by atoms with E-state index in [1.54, 1.807) is 12.1 Å². The van der Waals surface area contributed by atoms with Crippen molar-refractivity contribution >= 4 is 22.4 Å². The van der Waals surface area contributed by atoms with Gasteiger partial charge in [-0.25, -0.2) is 0 Å². The summed E-state index contributed by atoms with van der Waals surface area (Å²) in [5, 5.41) is 18.8. The van der Waals surface area contributed by atoms with Crippen molar-refractivity contribution in [3.05, 3.63) is 41.4 Å². The van der Waals surface area contributed by atoms with E-state index in [0.717, 1.165) is 17.9 Å². The van der Waals surface area contributed by atoms with Crippen molar-refractivity contribution in [2.24, 2.45) is 0 Å². The highest BCUT2D eigenvalue weighted by atomic mass is 35.5. The Morgan fingerprint density at radius 2 is 1.50 bits per heavy atom. The number of benzene rings is 2. The molecule has 0 spiro atoms. The van der Waals surface area contributed by atoms with Gasteiger partial charge in [0.2, 0.25) is 0 Å².